The van der Waals surface area contributed by atoms with Crippen LogP contribution in [0.25, 0.3) is 0 Å². The van der Waals surface area contributed by atoms with Crippen LogP contribution in [0.1, 0.15) is 125 Å². The first-order valence-corrected chi connectivity index (χ1v) is 15.5. The first-order valence-electron chi connectivity index (χ1n) is 14.1. The van der Waals surface area contributed by atoms with Crippen LogP contribution in [0.15, 0.2) is 22.1 Å². The van der Waals surface area contributed by atoms with Gasteiger partial charge in [0.15, 0.2) is 0 Å². The Balaban J connectivity index is 2.25. The number of phenolic OH excluding ortho intramolecular Hbond substituents is 1. The van der Waals surface area contributed by atoms with Gasteiger partial charge in [-0.2, -0.15) is 17.7 Å². The molecule has 3 N–H and O–H groups in total. The highest BCUT2D eigenvalue weighted by Gasteiger charge is 2.36. The van der Waals surface area contributed by atoms with Gasteiger partial charge in [0.2, 0.25) is 5.96 Å². The minimum Gasteiger partial charge on any atom is -0.507 e. The Kier molecular flexibility index (Phi) is 13.2. The molecule has 38 heavy (non-hydrogen) atoms. The molecule has 0 saturated heterocycles. The van der Waals surface area contributed by atoms with Crippen LogP contribution in [0, 0.1) is 13.8 Å². The lowest BCUT2D eigenvalue weighted by Crippen LogP contribution is -2.53. The lowest BCUT2D eigenvalue weighted by atomic mass is 10.1. The second-order valence-corrected chi connectivity index (χ2v) is 11.5. The standard InChI is InChI=1S/C28H46N4O5S/c1-5-7-9-11-13-15-17-24-29-25(18-16-14-12-10-8-6-2)32(38(35,36)37)28(30-24)31-27(34)23-19-21(3)26(33)22(4)20-23/h19-20,25,33H,5-18H2,1-4H3,(H,35,36,37)(H,29,30,31,34). The molecular formula is C28H46N4O5S. The van der Waals surface area contributed by atoms with Crippen LogP contribution in [0.5, 0.6) is 5.75 Å². The summed E-state index contributed by atoms with van der Waals surface area (Å²) in [6, 6.07) is 3.05. The van der Waals surface area contributed by atoms with Crippen LogP contribution in [0.4, 0.5) is 0 Å². The zero-order chi connectivity index (χ0) is 28.1. The Morgan fingerprint density at radius 2 is 1.45 bits per heavy atom. The third kappa shape index (κ3) is 10.0. The zero-order valence-corrected chi connectivity index (χ0v) is 24.3. The van der Waals surface area contributed by atoms with E-state index < -0.39 is 22.4 Å². The van der Waals surface area contributed by atoms with E-state index in [0.717, 1.165) is 55.7 Å². The SMILES string of the molecule is CCCCCCCCC1=NC(CCCCCCCC)N(S(=O)(=O)O)C(NC(=O)c2cc(C)c(O)c(C)c2)=N1. The normalized spacial score (nSPS) is 15.8. The number of carbonyl (C=O) groups is 1. The molecule has 1 aliphatic rings. The van der Waals surface area contributed by atoms with Gasteiger partial charge in [-0.1, -0.05) is 78.1 Å². The van der Waals surface area contributed by atoms with Gasteiger partial charge < -0.3 is 5.11 Å². The molecule has 1 aliphatic heterocycles. The molecule has 2 rings (SSSR count). The van der Waals surface area contributed by atoms with Gasteiger partial charge in [0.1, 0.15) is 17.8 Å². The van der Waals surface area contributed by atoms with Crippen LogP contribution in [0.2, 0.25) is 0 Å². The molecule has 1 unspecified atom stereocenters. The molecule has 0 saturated carbocycles. The summed E-state index contributed by atoms with van der Waals surface area (Å²) in [7, 11) is -4.74. The molecule has 0 fully saturated rings. The first-order chi connectivity index (χ1) is 18.1. The summed E-state index contributed by atoms with van der Waals surface area (Å²) in [6.07, 6.45) is 12.8. The van der Waals surface area contributed by atoms with E-state index in [-0.39, 0.29) is 17.3 Å². The zero-order valence-electron chi connectivity index (χ0n) is 23.5. The number of benzene rings is 1. The van der Waals surface area contributed by atoms with Gasteiger partial charge >= 0.3 is 10.3 Å². The number of hydrogen-bond donors (Lipinski definition) is 3. The topological polar surface area (TPSA) is 132 Å². The Labute approximate surface area is 228 Å². The molecular weight excluding hydrogens is 504 g/mol. The summed E-state index contributed by atoms with van der Waals surface area (Å²) in [6.45, 7) is 7.70. The molecule has 10 heteroatoms. The fourth-order valence-corrected chi connectivity index (χ4v) is 5.41. The summed E-state index contributed by atoms with van der Waals surface area (Å²) in [5.74, 6) is -0.246. The van der Waals surface area contributed by atoms with E-state index in [1.54, 1.807) is 13.8 Å². The van der Waals surface area contributed by atoms with Crippen LogP contribution in [0.3, 0.4) is 0 Å². The number of rotatable bonds is 16. The van der Waals surface area contributed by atoms with Crippen molar-refractivity contribution in [2.45, 2.75) is 124 Å². The maximum atomic E-state index is 13.1. The molecule has 0 radical (unpaired) electrons. The number of aryl methyl sites for hydroxylation is 2. The minimum absolute atomic E-state index is 0.100. The van der Waals surface area contributed by atoms with E-state index in [0.29, 0.717) is 29.8 Å². The molecule has 1 atom stereocenters. The average molecular weight is 551 g/mol. The molecule has 9 nitrogen and oxygen atoms in total. The predicted molar refractivity (Wildman–Crippen MR) is 153 cm³/mol. The lowest BCUT2D eigenvalue weighted by molar-refractivity contribution is 0.0973. The summed E-state index contributed by atoms with van der Waals surface area (Å²) >= 11 is 0. The molecule has 1 aromatic carbocycles. The Hall–Kier alpha value is -2.46. The van der Waals surface area contributed by atoms with Crippen LogP contribution < -0.4 is 5.32 Å². The third-order valence-electron chi connectivity index (χ3n) is 6.81. The Morgan fingerprint density at radius 1 is 0.921 bits per heavy atom. The number of unbranched alkanes of at least 4 members (excludes halogenated alkanes) is 10. The number of guanidine groups is 1. The summed E-state index contributed by atoms with van der Waals surface area (Å²) in [5, 5.41) is 12.7. The lowest BCUT2D eigenvalue weighted by Gasteiger charge is -2.32. The molecule has 0 aromatic heterocycles. The number of phenols is 1. The van der Waals surface area contributed by atoms with E-state index >= 15 is 0 Å². The fourth-order valence-electron chi connectivity index (χ4n) is 4.65. The second-order valence-electron chi connectivity index (χ2n) is 10.2. The largest absolute Gasteiger partial charge is 0.507 e. The molecule has 214 valence electrons. The van der Waals surface area contributed by atoms with Crippen LogP contribution >= 0.6 is 0 Å². The maximum Gasteiger partial charge on any atom is 0.364 e. The number of aromatic hydroxyl groups is 1. The molecule has 0 bridgehead atoms. The highest BCUT2D eigenvalue weighted by molar-refractivity contribution is 7.84. The highest BCUT2D eigenvalue weighted by atomic mass is 32.2. The monoisotopic (exact) mass is 550 g/mol. The van der Waals surface area contributed by atoms with Gasteiger partial charge in [0.05, 0.1) is 0 Å². The summed E-state index contributed by atoms with van der Waals surface area (Å²) in [5.41, 5.74) is 1.31. The fraction of sp³-hybridized carbons (Fsp3) is 0.679. The maximum absolute atomic E-state index is 13.1. The molecule has 1 aromatic rings. The smallest absolute Gasteiger partial charge is 0.364 e. The van der Waals surface area contributed by atoms with Crippen LogP contribution in [-0.2, 0) is 10.3 Å². The summed E-state index contributed by atoms with van der Waals surface area (Å²) in [4.78, 5) is 22.1. The number of carbonyl (C=O) groups excluding carboxylic acids is 1. The van der Waals surface area contributed by atoms with E-state index in [1.165, 1.54) is 37.8 Å². The van der Waals surface area contributed by atoms with Crippen LogP contribution in [-0.4, -0.2) is 46.3 Å². The predicted octanol–water partition coefficient (Wildman–Crippen LogP) is 6.44. The van der Waals surface area contributed by atoms with Crippen molar-refractivity contribution >= 4 is 28.0 Å². The van der Waals surface area contributed by atoms with E-state index in [1.807, 2.05) is 0 Å². The molecule has 1 heterocycles. The number of amides is 1. The Morgan fingerprint density at radius 3 is 2.00 bits per heavy atom. The van der Waals surface area contributed by atoms with Crippen molar-refractivity contribution in [3.05, 3.63) is 28.8 Å². The first kappa shape index (κ1) is 31.8. The van der Waals surface area contributed by atoms with Gasteiger partial charge in [0, 0.05) is 12.0 Å². The van der Waals surface area contributed by atoms with Gasteiger partial charge in [0.25, 0.3) is 5.91 Å². The van der Waals surface area contributed by atoms with E-state index in [9.17, 15) is 22.9 Å². The van der Waals surface area contributed by atoms with Crippen molar-refractivity contribution in [3.8, 4) is 5.75 Å². The molecule has 0 spiro atoms. The Bertz CT molecular complexity index is 1060. The second kappa shape index (κ2) is 15.8. The molecule has 1 amide bonds. The van der Waals surface area contributed by atoms with E-state index in [2.05, 4.69) is 29.1 Å². The number of hydrogen-bond acceptors (Lipinski definition) is 6. The summed E-state index contributed by atoms with van der Waals surface area (Å²) < 4.78 is 35.8. The minimum atomic E-state index is -4.74. The van der Waals surface area contributed by atoms with Crippen molar-refractivity contribution in [1.82, 2.24) is 9.62 Å². The van der Waals surface area contributed by atoms with Gasteiger partial charge in [-0.15, -0.1) is 0 Å². The van der Waals surface area contributed by atoms with Gasteiger partial charge in [-0.3, -0.25) is 14.7 Å². The highest BCUT2D eigenvalue weighted by Crippen LogP contribution is 2.24. The van der Waals surface area contributed by atoms with Gasteiger partial charge in [-0.25, -0.2) is 4.99 Å². The molecule has 0 aliphatic carbocycles. The van der Waals surface area contributed by atoms with Crippen molar-refractivity contribution in [3.63, 3.8) is 0 Å². The van der Waals surface area contributed by atoms with Gasteiger partial charge in [-0.05, 0) is 56.4 Å². The number of nitrogens with one attached hydrogen (secondary N) is 1. The van der Waals surface area contributed by atoms with Crippen molar-refractivity contribution in [1.29, 1.82) is 0 Å². The number of nitrogens with zero attached hydrogens (tertiary/aromatic N) is 3. The van der Waals surface area contributed by atoms with Crippen molar-refractivity contribution in [2.24, 2.45) is 9.98 Å². The number of aliphatic imine (C=N–C) groups is 2. The average Bonchev–Trinajstić information content (AvgIpc) is 2.85. The van der Waals surface area contributed by atoms with Crippen molar-refractivity contribution < 1.29 is 22.9 Å². The van der Waals surface area contributed by atoms with E-state index in [4.69, 9.17) is 0 Å². The van der Waals surface area contributed by atoms with Crippen molar-refractivity contribution in [2.75, 3.05) is 0 Å². The quantitative estimate of drug-likeness (QED) is 0.161. The number of amidine groups is 1. The third-order valence-corrected chi connectivity index (χ3v) is 7.72.